The van der Waals surface area contributed by atoms with E-state index in [1.54, 1.807) is 0 Å². The Balaban J connectivity index is 1.26. The lowest BCUT2D eigenvalue weighted by Crippen LogP contribution is -2.44. The van der Waals surface area contributed by atoms with E-state index in [-0.39, 0.29) is 30.8 Å². The molecule has 1 saturated carbocycles. The number of imide groups is 1. The van der Waals surface area contributed by atoms with Gasteiger partial charge in [0.05, 0.1) is 5.69 Å². The van der Waals surface area contributed by atoms with Gasteiger partial charge in [-0.25, -0.2) is 9.78 Å². The number of rotatable bonds is 8. The van der Waals surface area contributed by atoms with Crippen molar-refractivity contribution in [1.29, 1.82) is 0 Å². The Hall–Kier alpha value is -2.74. The number of anilines is 1. The Labute approximate surface area is 186 Å². The highest BCUT2D eigenvalue weighted by atomic mass is 32.1. The number of carbonyl (C=O) groups is 3. The zero-order chi connectivity index (χ0) is 21.8. The van der Waals surface area contributed by atoms with Crippen LogP contribution in [0.5, 0.6) is 0 Å². The molecule has 31 heavy (non-hydrogen) atoms. The van der Waals surface area contributed by atoms with Crippen LogP contribution in [-0.4, -0.2) is 39.8 Å². The molecule has 1 spiro atoms. The van der Waals surface area contributed by atoms with E-state index in [0.29, 0.717) is 24.4 Å². The number of nitrogens with zero attached hydrogens (tertiary/aromatic N) is 2. The molecule has 4 rings (SSSR count). The van der Waals surface area contributed by atoms with E-state index in [1.165, 1.54) is 21.8 Å². The van der Waals surface area contributed by atoms with Crippen LogP contribution in [0, 0.1) is 0 Å². The van der Waals surface area contributed by atoms with Gasteiger partial charge in [0, 0.05) is 23.9 Å². The highest BCUT2D eigenvalue weighted by Gasteiger charge is 2.52. The van der Waals surface area contributed by atoms with Crippen LogP contribution in [0.2, 0.25) is 0 Å². The third-order valence-corrected chi connectivity index (χ3v) is 6.79. The second kappa shape index (κ2) is 9.18. The summed E-state index contributed by atoms with van der Waals surface area (Å²) in [6.45, 7) is 2.42. The Bertz CT molecular complexity index is 963. The van der Waals surface area contributed by atoms with Crippen molar-refractivity contribution < 1.29 is 14.4 Å². The maximum Gasteiger partial charge on any atom is 0.325 e. The summed E-state index contributed by atoms with van der Waals surface area (Å²) in [6.07, 6.45) is 6.17. The lowest BCUT2D eigenvalue weighted by Gasteiger charge is -2.19. The lowest BCUT2D eigenvalue weighted by molar-refractivity contribution is -0.131. The predicted octanol–water partition coefficient (Wildman–Crippen LogP) is 4.35. The van der Waals surface area contributed by atoms with E-state index in [1.807, 2.05) is 5.38 Å². The Morgan fingerprint density at radius 2 is 1.97 bits per heavy atom. The molecule has 8 heteroatoms. The summed E-state index contributed by atoms with van der Waals surface area (Å²) < 4.78 is 0. The summed E-state index contributed by atoms with van der Waals surface area (Å²) in [5.74, 6) is -0.299. The van der Waals surface area contributed by atoms with Gasteiger partial charge in [0.2, 0.25) is 5.91 Å². The van der Waals surface area contributed by atoms with Crippen LogP contribution in [0.15, 0.2) is 29.6 Å². The summed E-state index contributed by atoms with van der Waals surface area (Å²) in [7, 11) is 0. The minimum Gasteiger partial charge on any atom is -0.323 e. The number of hydrogen-bond acceptors (Lipinski definition) is 5. The quantitative estimate of drug-likeness (QED) is 0.597. The maximum atomic E-state index is 12.6. The fraction of sp³-hybridized carbons (Fsp3) is 0.478. The molecular weight excluding hydrogens is 412 g/mol. The fourth-order valence-corrected chi connectivity index (χ4v) is 5.11. The monoisotopic (exact) mass is 440 g/mol. The van der Waals surface area contributed by atoms with Crippen molar-refractivity contribution in [2.75, 3.05) is 11.9 Å². The molecule has 4 amide bonds. The van der Waals surface area contributed by atoms with Gasteiger partial charge in [0.25, 0.3) is 5.91 Å². The summed E-state index contributed by atoms with van der Waals surface area (Å²) >= 11 is 1.39. The number of aryl methyl sites for hydroxylation is 1. The van der Waals surface area contributed by atoms with E-state index < -0.39 is 5.54 Å². The first kappa shape index (κ1) is 21.5. The van der Waals surface area contributed by atoms with Crippen LogP contribution in [0.1, 0.15) is 57.4 Å². The normalized spacial score (nSPS) is 17.4. The molecule has 0 atom stereocenters. The molecule has 0 bridgehead atoms. The van der Waals surface area contributed by atoms with Crippen LogP contribution < -0.4 is 10.6 Å². The molecule has 2 aromatic rings. The van der Waals surface area contributed by atoms with E-state index in [4.69, 9.17) is 0 Å². The summed E-state index contributed by atoms with van der Waals surface area (Å²) in [6, 6.07) is 8.01. The van der Waals surface area contributed by atoms with Crippen molar-refractivity contribution in [3.63, 3.8) is 0 Å². The number of urea groups is 1. The largest absolute Gasteiger partial charge is 0.325 e. The van der Waals surface area contributed by atoms with Gasteiger partial charge < -0.3 is 10.6 Å². The Kier molecular flexibility index (Phi) is 6.36. The highest BCUT2D eigenvalue weighted by molar-refractivity contribution is 7.14. The molecule has 1 saturated heterocycles. The van der Waals surface area contributed by atoms with Crippen molar-refractivity contribution >= 4 is 34.3 Å². The van der Waals surface area contributed by atoms with Crippen LogP contribution in [-0.2, 0) is 16.0 Å². The first-order valence-corrected chi connectivity index (χ1v) is 11.9. The van der Waals surface area contributed by atoms with Crippen molar-refractivity contribution in [3.8, 4) is 11.3 Å². The van der Waals surface area contributed by atoms with Gasteiger partial charge in [-0.2, -0.15) is 0 Å². The average Bonchev–Trinajstić information content (AvgIpc) is 3.46. The van der Waals surface area contributed by atoms with Crippen molar-refractivity contribution in [1.82, 2.24) is 15.2 Å². The maximum absolute atomic E-state index is 12.6. The van der Waals surface area contributed by atoms with Gasteiger partial charge in [-0.15, -0.1) is 11.3 Å². The molecule has 1 aromatic carbocycles. The fourth-order valence-electron chi connectivity index (χ4n) is 4.37. The molecule has 1 aromatic heterocycles. The molecular formula is C23H28N4O3S. The second-order valence-electron chi connectivity index (χ2n) is 8.31. The Morgan fingerprint density at radius 1 is 1.23 bits per heavy atom. The van der Waals surface area contributed by atoms with Gasteiger partial charge in [-0.1, -0.05) is 50.5 Å². The predicted molar refractivity (Wildman–Crippen MR) is 121 cm³/mol. The topological polar surface area (TPSA) is 91.4 Å². The molecule has 2 aliphatic rings. The van der Waals surface area contributed by atoms with E-state index >= 15 is 0 Å². The number of hydrogen-bond donors (Lipinski definition) is 2. The number of carbonyl (C=O) groups excluding carboxylic acids is 3. The van der Waals surface area contributed by atoms with Crippen molar-refractivity contribution in [2.24, 2.45) is 0 Å². The summed E-state index contributed by atoms with van der Waals surface area (Å²) in [5.41, 5.74) is 2.48. The van der Waals surface area contributed by atoms with E-state index in [9.17, 15) is 14.4 Å². The van der Waals surface area contributed by atoms with Crippen LogP contribution >= 0.6 is 11.3 Å². The third-order valence-electron chi connectivity index (χ3n) is 6.03. The highest BCUT2D eigenvalue weighted by Crippen LogP contribution is 2.35. The second-order valence-corrected chi connectivity index (χ2v) is 9.17. The molecule has 0 unspecified atom stereocenters. The first-order chi connectivity index (χ1) is 15.0. The zero-order valence-corrected chi connectivity index (χ0v) is 18.6. The molecule has 1 aliphatic carbocycles. The molecule has 2 N–H and O–H groups in total. The van der Waals surface area contributed by atoms with Gasteiger partial charge in [-0.05, 0) is 31.2 Å². The van der Waals surface area contributed by atoms with Gasteiger partial charge in [0.1, 0.15) is 5.54 Å². The van der Waals surface area contributed by atoms with Crippen molar-refractivity contribution in [2.45, 2.75) is 63.8 Å². The van der Waals surface area contributed by atoms with Crippen molar-refractivity contribution in [3.05, 3.63) is 35.2 Å². The molecule has 2 fully saturated rings. The smallest absolute Gasteiger partial charge is 0.323 e. The van der Waals surface area contributed by atoms with Crippen LogP contribution in [0.4, 0.5) is 9.93 Å². The van der Waals surface area contributed by atoms with Crippen LogP contribution in [0.25, 0.3) is 11.3 Å². The average molecular weight is 441 g/mol. The Morgan fingerprint density at radius 3 is 2.68 bits per heavy atom. The van der Waals surface area contributed by atoms with E-state index in [2.05, 4.69) is 46.8 Å². The number of aromatic nitrogens is 1. The van der Waals surface area contributed by atoms with Gasteiger partial charge in [-0.3, -0.25) is 14.5 Å². The van der Waals surface area contributed by atoms with E-state index in [0.717, 1.165) is 36.9 Å². The third kappa shape index (κ3) is 4.63. The number of thiazole rings is 1. The minimum atomic E-state index is -0.689. The first-order valence-electron chi connectivity index (χ1n) is 11.0. The lowest BCUT2D eigenvalue weighted by atomic mass is 9.98. The minimum absolute atomic E-state index is 0.134. The summed E-state index contributed by atoms with van der Waals surface area (Å²) in [4.78, 5) is 42.9. The molecule has 164 valence electrons. The number of nitrogens with one attached hydrogen (secondary N) is 2. The van der Waals surface area contributed by atoms with Gasteiger partial charge >= 0.3 is 6.03 Å². The van der Waals surface area contributed by atoms with Gasteiger partial charge in [0.15, 0.2) is 5.13 Å². The molecule has 7 nitrogen and oxygen atoms in total. The van der Waals surface area contributed by atoms with Crippen LogP contribution in [0.3, 0.4) is 0 Å². The summed E-state index contributed by atoms with van der Waals surface area (Å²) in [5, 5.41) is 8.17. The number of amides is 4. The number of benzene rings is 1. The molecule has 1 aliphatic heterocycles. The molecule has 0 radical (unpaired) electrons. The molecule has 2 heterocycles. The SMILES string of the molecule is CCCc1ccc(-c2csc(NC(=O)CCCN3C(=O)NC4(CCCC4)C3=O)n2)cc1. The zero-order valence-electron chi connectivity index (χ0n) is 17.8. The standard InChI is InChI=1S/C23H28N4O3S/c1-2-6-16-8-10-17(11-9-16)18-15-31-21(24-18)25-19(28)7-5-14-27-20(29)23(26-22(27)30)12-3-4-13-23/h8-11,15H,2-7,12-14H2,1H3,(H,26,30)(H,24,25,28).